The highest BCUT2D eigenvalue weighted by molar-refractivity contribution is 7.17. The molecule has 7 heteroatoms. The fourth-order valence-electron chi connectivity index (χ4n) is 3.93. The smallest absolute Gasteiger partial charge is 0.263 e. The van der Waals surface area contributed by atoms with Gasteiger partial charge in [-0.3, -0.25) is 14.2 Å². The molecule has 6 nitrogen and oxygen atoms in total. The van der Waals surface area contributed by atoms with Crippen LogP contribution in [-0.4, -0.2) is 22.1 Å². The predicted molar refractivity (Wildman–Crippen MR) is 134 cm³/mol. The molecule has 0 unspecified atom stereocenters. The first kappa shape index (κ1) is 22.7. The van der Waals surface area contributed by atoms with Crippen LogP contribution in [0.25, 0.3) is 21.3 Å². The minimum Gasteiger partial charge on any atom is -0.494 e. The van der Waals surface area contributed by atoms with Crippen molar-refractivity contribution in [3.05, 3.63) is 75.7 Å². The van der Waals surface area contributed by atoms with Gasteiger partial charge >= 0.3 is 0 Å². The summed E-state index contributed by atoms with van der Waals surface area (Å²) in [4.78, 5) is 31.3. The van der Waals surface area contributed by atoms with E-state index in [4.69, 9.17) is 4.74 Å². The zero-order chi connectivity index (χ0) is 23.4. The number of rotatable bonds is 8. The van der Waals surface area contributed by atoms with Gasteiger partial charge < -0.3 is 10.1 Å². The lowest BCUT2D eigenvalue weighted by Gasteiger charge is -2.15. The van der Waals surface area contributed by atoms with Crippen LogP contribution in [0.5, 0.6) is 5.75 Å². The Morgan fingerprint density at radius 3 is 2.39 bits per heavy atom. The van der Waals surface area contributed by atoms with Crippen LogP contribution in [0, 0.1) is 0 Å². The van der Waals surface area contributed by atoms with Crippen LogP contribution in [0.1, 0.15) is 31.9 Å². The Balaban J connectivity index is 1.63. The van der Waals surface area contributed by atoms with Gasteiger partial charge in [0, 0.05) is 16.6 Å². The van der Waals surface area contributed by atoms with Crippen molar-refractivity contribution >= 4 is 33.1 Å². The molecule has 0 atom stereocenters. The first-order valence-corrected chi connectivity index (χ1v) is 12.0. The molecule has 0 fully saturated rings. The Kier molecular flexibility index (Phi) is 6.89. The Morgan fingerprint density at radius 2 is 1.76 bits per heavy atom. The number of hydrogen-bond donors (Lipinski definition) is 1. The summed E-state index contributed by atoms with van der Waals surface area (Å²) in [5.41, 5.74) is 4.52. The lowest BCUT2D eigenvalue weighted by Crippen LogP contribution is -2.28. The van der Waals surface area contributed by atoms with Crippen LogP contribution in [0.2, 0.25) is 0 Å². The van der Waals surface area contributed by atoms with Crippen molar-refractivity contribution in [2.45, 2.75) is 40.2 Å². The second-order valence-corrected chi connectivity index (χ2v) is 8.53. The molecule has 2 heterocycles. The van der Waals surface area contributed by atoms with E-state index in [1.54, 1.807) is 0 Å². The molecule has 0 spiro atoms. The second kappa shape index (κ2) is 10.0. The highest BCUT2D eigenvalue weighted by Gasteiger charge is 2.16. The fraction of sp³-hybridized carbons (Fsp3) is 0.269. The molecule has 1 N–H and O–H groups in total. The number of amides is 1. The van der Waals surface area contributed by atoms with Crippen LogP contribution >= 0.6 is 11.3 Å². The topological polar surface area (TPSA) is 73.2 Å². The van der Waals surface area contributed by atoms with Gasteiger partial charge in [-0.2, -0.15) is 0 Å². The number of nitrogens with zero attached hydrogens (tertiary/aromatic N) is 2. The summed E-state index contributed by atoms with van der Waals surface area (Å²) in [6, 6.07) is 13.7. The van der Waals surface area contributed by atoms with Gasteiger partial charge in [0.05, 0.1) is 18.3 Å². The van der Waals surface area contributed by atoms with Crippen LogP contribution in [-0.2, 0) is 24.2 Å². The molecule has 0 saturated carbocycles. The van der Waals surface area contributed by atoms with E-state index in [-0.39, 0.29) is 18.0 Å². The SMILES string of the molecule is CCOc1ccc(-c2csc3ncn(CC(=O)Nc4c(CC)cccc4CC)c(=O)c23)cc1. The third-order valence-corrected chi connectivity index (χ3v) is 6.50. The number of ether oxygens (including phenoxy) is 1. The summed E-state index contributed by atoms with van der Waals surface area (Å²) in [7, 11) is 0. The van der Waals surface area contributed by atoms with E-state index in [0.29, 0.717) is 16.8 Å². The van der Waals surface area contributed by atoms with Gasteiger partial charge in [0.15, 0.2) is 0 Å². The van der Waals surface area contributed by atoms with E-state index in [1.165, 1.54) is 22.2 Å². The molecule has 2 aromatic heterocycles. The molecule has 0 aliphatic carbocycles. The van der Waals surface area contributed by atoms with Gasteiger partial charge in [-0.15, -0.1) is 11.3 Å². The summed E-state index contributed by atoms with van der Waals surface area (Å²) in [6.07, 6.45) is 3.09. The zero-order valence-electron chi connectivity index (χ0n) is 19.1. The van der Waals surface area contributed by atoms with Gasteiger partial charge in [0.1, 0.15) is 17.1 Å². The van der Waals surface area contributed by atoms with E-state index in [1.807, 2.05) is 54.8 Å². The Morgan fingerprint density at radius 1 is 1.06 bits per heavy atom. The van der Waals surface area contributed by atoms with E-state index in [0.717, 1.165) is 46.5 Å². The second-order valence-electron chi connectivity index (χ2n) is 7.67. The molecule has 4 rings (SSSR count). The van der Waals surface area contributed by atoms with E-state index < -0.39 is 0 Å². The quantitative estimate of drug-likeness (QED) is 0.387. The largest absolute Gasteiger partial charge is 0.494 e. The van der Waals surface area contributed by atoms with Crippen molar-refractivity contribution in [2.24, 2.45) is 0 Å². The fourth-order valence-corrected chi connectivity index (χ4v) is 4.83. The first-order chi connectivity index (χ1) is 16.0. The van der Waals surface area contributed by atoms with Crippen molar-refractivity contribution in [1.29, 1.82) is 0 Å². The Bertz CT molecular complexity index is 1320. The molecule has 0 saturated heterocycles. The normalized spacial score (nSPS) is 11.0. The maximum absolute atomic E-state index is 13.3. The maximum Gasteiger partial charge on any atom is 0.263 e. The molecule has 0 aliphatic heterocycles. The third-order valence-electron chi connectivity index (χ3n) is 5.61. The van der Waals surface area contributed by atoms with Crippen molar-refractivity contribution in [3.8, 4) is 16.9 Å². The number of anilines is 1. The van der Waals surface area contributed by atoms with E-state index >= 15 is 0 Å². The van der Waals surface area contributed by atoms with Crippen molar-refractivity contribution in [1.82, 2.24) is 9.55 Å². The number of nitrogens with one attached hydrogen (secondary N) is 1. The molecule has 0 radical (unpaired) electrons. The van der Waals surface area contributed by atoms with Crippen LogP contribution in [0.15, 0.2) is 59.0 Å². The molecule has 2 aromatic carbocycles. The number of fused-ring (bicyclic) bond motifs is 1. The van der Waals surface area contributed by atoms with E-state index in [2.05, 4.69) is 24.1 Å². The van der Waals surface area contributed by atoms with Crippen molar-refractivity contribution in [2.75, 3.05) is 11.9 Å². The summed E-state index contributed by atoms with van der Waals surface area (Å²) in [5.74, 6) is 0.540. The van der Waals surface area contributed by atoms with Crippen molar-refractivity contribution < 1.29 is 9.53 Å². The maximum atomic E-state index is 13.3. The van der Waals surface area contributed by atoms with Crippen LogP contribution < -0.4 is 15.6 Å². The average molecular weight is 462 g/mol. The van der Waals surface area contributed by atoms with Crippen molar-refractivity contribution in [3.63, 3.8) is 0 Å². The molecule has 1 amide bonds. The number of hydrogen-bond acceptors (Lipinski definition) is 5. The van der Waals surface area contributed by atoms with Gasteiger partial charge in [-0.05, 0) is 48.6 Å². The number of aryl methyl sites for hydroxylation is 2. The predicted octanol–water partition coefficient (Wildman–Crippen LogP) is 5.29. The summed E-state index contributed by atoms with van der Waals surface area (Å²) >= 11 is 1.42. The standard InChI is InChI=1S/C26H27N3O3S/c1-4-17-8-7-9-18(5-2)24(17)28-22(30)14-29-16-27-25-23(26(29)31)21(15-33-25)19-10-12-20(13-11-19)32-6-3/h7-13,15-16H,4-6,14H2,1-3H3,(H,28,30). The number of aromatic nitrogens is 2. The summed E-state index contributed by atoms with van der Waals surface area (Å²) in [5, 5.41) is 5.49. The number of thiophene rings is 1. The number of para-hydroxylation sites is 1. The van der Waals surface area contributed by atoms with Gasteiger partial charge in [0.2, 0.25) is 5.91 Å². The molecular formula is C26H27N3O3S. The molecule has 33 heavy (non-hydrogen) atoms. The number of carbonyl (C=O) groups excluding carboxylic acids is 1. The monoisotopic (exact) mass is 461 g/mol. The number of carbonyl (C=O) groups is 1. The average Bonchev–Trinajstić information content (AvgIpc) is 3.26. The molecular weight excluding hydrogens is 434 g/mol. The minimum absolute atomic E-state index is 0.0957. The third kappa shape index (κ3) is 4.68. The zero-order valence-corrected chi connectivity index (χ0v) is 19.9. The van der Waals surface area contributed by atoms with Crippen LogP contribution in [0.4, 0.5) is 5.69 Å². The molecule has 0 bridgehead atoms. The molecule has 4 aromatic rings. The van der Waals surface area contributed by atoms with Gasteiger partial charge in [-0.25, -0.2) is 4.98 Å². The molecule has 170 valence electrons. The van der Waals surface area contributed by atoms with Gasteiger partial charge in [0.25, 0.3) is 5.56 Å². The highest BCUT2D eigenvalue weighted by atomic mass is 32.1. The van der Waals surface area contributed by atoms with Gasteiger partial charge in [-0.1, -0.05) is 44.2 Å². The Hall–Kier alpha value is -3.45. The number of benzene rings is 2. The van der Waals surface area contributed by atoms with Crippen LogP contribution in [0.3, 0.4) is 0 Å². The lowest BCUT2D eigenvalue weighted by atomic mass is 10.0. The summed E-state index contributed by atoms with van der Waals surface area (Å²) in [6.45, 7) is 6.56. The highest BCUT2D eigenvalue weighted by Crippen LogP contribution is 2.31. The minimum atomic E-state index is -0.244. The summed E-state index contributed by atoms with van der Waals surface area (Å²) < 4.78 is 6.89. The Labute approximate surface area is 196 Å². The molecule has 0 aliphatic rings. The van der Waals surface area contributed by atoms with E-state index in [9.17, 15) is 9.59 Å². The lowest BCUT2D eigenvalue weighted by molar-refractivity contribution is -0.116. The first-order valence-electron chi connectivity index (χ1n) is 11.2.